The van der Waals surface area contributed by atoms with E-state index in [1.807, 2.05) is 25.9 Å². The van der Waals surface area contributed by atoms with Crippen molar-refractivity contribution in [2.24, 2.45) is 5.92 Å². The minimum absolute atomic E-state index is 0.0895. The van der Waals surface area contributed by atoms with E-state index in [9.17, 15) is 4.79 Å². The normalized spacial score (nSPS) is 12.6. The standard InChI is InChI=1S/C11H24N2O/c1-5-6-7-8-13(4)11(14)10(2)9-12-3/h10,12H,5-9H2,1-4H3. The first kappa shape index (κ1) is 13.4. The second kappa shape index (κ2) is 7.80. The molecule has 0 aromatic carbocycles. The molecule has 0 spiro atoms. The first-order chi connectivity index (χ1) is 6.63. The lowest BCUT2D eigenvalue weighted by Crippen LogP contribution is -2.36. The summed E-state index contributed by atoms with van der Waals surface area (Å²) in [6.45, 7) is 5.79. The molecule has 1 N–H and O–H groups in total. The second-order valence-corrected chi connectivity index (χ2v) is 3.93. The molecule has 1 amide bonds. The highest BCUT2D eigenvalue weighted by molar-refractivity contribution is 5.78. The summed E-state index contributed by atoms with van der Waals surface area (Å²) in [5.74, 6) is 0.335. The third-order valence-corrected chi connectivity index (χ3v) is 2.41. The minimum atomic E-state index is 0.0895. The zero-order valence-electron chi connectivity index (χ0n) is 9.97. The molecule has 14 heavy (non-hydrogen) atoms. The Labute approximate surface area is 87.9 Å². The predicted octanol–water partition coefficient (Wildman–Crippen LogP) is 1.49. The van der Waals surface area contributed by atoms with Crippen LogP contribution in [0, 0.1) is 5.92 Å². The molecule has 3 nitrogen and oxygen atoms in total. The quantitative estimate of drug-likeness (QED) is 0.632. The number of hydrogen-bond donors (Lipinski definition) is 1. The van der Waals surface area contributed by atoms with E-state index in [-0.39, 0.29) is 11.8 Å². The lowest BCUT2D eigenvalue weighted by molar-refractivity contribution is -0.133. The predicted molar refractivity (Wildman–Crippen MR) is 60.3 cm³/mol. The summed E-state index contributed by atoms with van der Waals surface area (Å²) in [4.78, 5) is 13.6. The average Bonchev–Trinajstić information content (AvgIpc) is 2.17. The lowest BCUT2D eigenvalue weighted by Gasteiger charge is -2.21. The zero-order valence-corrected chi connectivity index (χ0v) is 9.97. The van der Waals surface area contributed by atoms with Gasteiger partial charge < -0.3 is 10.2 Å². The molecule has 0 bridgehead atoms. The maximum absolute atomic E-state index is 11.7. The first-order valence-electron chi connectivity index (χ1n) is 5.53. The summed E-state index contributed by atoms with van der Waals surface area (Å²) in [5, 5.41) is 3.02. The Balaban J connectivity index is 3.74. The van der Waals surface area contributed by atoms with Gasteiger partial charge in [-0.25, -0.2) is 0 Å². The van der Waals surface area contributed by atoms with Gasteiger partial charge in [0.2, 0.25) is 5.91 Å². The van der Waals surface area contributed by atoms with Crippen molar-refractivity contribution >= 4 is 5.91 Å². The molecule has 3 heteroatoms. The lowest BCUT2D eigenvalue weighted by atomic mass is 10.1. The van der Waals surface area contributed by atoms with Crippen molar-refractivity contribution in [3.8, 4) is 0 Å². The number of nitrogens with one attached hydrogen (secondary N) is 1. The van der Waals surface area contributed by atoms with Gasteiger partial charge in [0.05, 0.1) is 0 Å². The molecule has 0 aliphatic carbocycles. The van der Waals surface area contributed by atoms with E-state index in [2.05, 4.69) is 12.2 Å². The van der Waals surface area contributed by atoms with Crippen LogP contribution in [-0.2, 0) is 4.79 Å². The molecule has 0 aromatic heterocycles. The van der Waals surface area contributed by atoms with Crippen LogP contribution in [0.2, 0.25) is 0 Å². The van der Waals surface area contributed by atoms with Gasteiger partial charge in [-0.15, -0.1) is 0 Å². The Morgan fingerprint density at radius 1 is 1.43 bits per heavy atom. The Kier molecular flexibility index (Phi) is 7.48. The van der Waals surface area contributed by atoms with Gasteiger partial charge in [0, 0.05) is 26.1 Å². The van der Waals surface area contributed by atoms with Crippen molar-refractivity contribution in [2.75, 3.05) is 27.2 Å². The van der Waals surface area contributed by atoms with Gasteiger partial charge in [0.1, 0.15) is 0 Å². The molecule has 0 heterocycles. The second-order valence-electron chi connectivity index (χ2n) is 3.93. The van der Waals surface area contributed by atoms with Gasteiger partial charge in [0.15, 0.2) is 0 Å². The minimum Gasteiger partial charge on any atom is -0.345 e. The van der Waals surface area contributed by atoms with Gasteiger partial charge in [-0.3, -0.25) is 4.79 Å². The van der Waals surface area contributed by atoms with E-state index in [4.69, 9.17) is 0 Å². The van der Waals surface area contributed by atoms with Gasteiger partial charge in [-0.05, 0) is 13.5 Å². The topological polar surface area (TPSA) is 32.3 Å². The molecule has 0 aliphatic heterocycles. The van der Waals surface area contributed by atoms with Crippen LogP contribution in [-0.4, -0.2) is 38.0 Å². The maximum Gasteiger partial charge on any atom is 0.226 e. The van der Waals surface area contributed by atoms with Gasteiger partial charge >= 0.3 is 0 Å². The number of rotatable bonds is 7. The van der Waals surface area contributed by atoms with Crippen LogP contribution in [0.4, 0.5) is 0 Å². The fraction of sp³-hybridized carbons (Fsp3) is 0.909. The molecule has 0 radical (unpaired) electrons. The van der Waals surface area contributed by atoms with E-state index in [1.165, 1.54) is 12.8 Å². The molecule has 0 aromatic rings. The number of hydrogen-bond acceptors (Lipinski definition) is 2. The largest absolute Gasteiger partial charge is 0.345 e. The van der Waals surface area contributed by atoms with Gasteiger partial charge in [0.25, 0.3) is 0 Å². The van der Waals surface area contributed by atoms with Crippen molar-refractivity contribution in [3.05, 3.63) is 0 Å². The monoisotopic (exact) mass is 200 g/mol. The van der Waals surface area contributed by atoms with Crippen molar-refractivity contribution in [1.29, 1.82) is 0 Å². The summed E-state index contributed by atoms with van der Waals surface area (Å²) in [6.07, 6.45) is 3.52. The fourth-order valence-corrected chi connectivity index (χ4v) is 1.48. The Bertz CT molecular complexity index is 159. The number of amides is 1. The summed E-state index contributed by atoms with van der Waals surface area (Å²) < 4.78 is 0. The molecule has 84 valence electrons. The molecule has 1 unspecified atom stereocenters. The highest BCUT2D eigenvalue weighted by atomic mass is 16.2. The van der Waals surface area contributed by atoms with Crippen LogP contribution in [0.15, 0.2) is 0 Å². The molecular weight excluding hydrogens is 176 g/mol. The van der Waals surface area contributed by atoms with Crippen LogP contribution >= 0.6 is 0 Å². The number of nitrogens with zero attached hydrogens (tertiary/aromatic N) is 1. The van der Waals surface area contributed by atoms with Gasteiger partial charge in [-0.1, -0.05) is 26.7 Å². The van der Waals surface area contributed by atoms with Gasteiger partial charge in [-0.2, -0.15) is 0 Å². The van der Waals surface area contributed by atoms with Crippen molar-refractivity contribution in [3.63, 3.8) is 0 Å². The van der Waals surface area contributed by atoms with Crippen LogP contribution < -0.4 is 5.32 Å². The van der Waals surface area contributed by atoms with E-state index in [0.29, 0.717) is 0 Å². The van der Waals surface area contributed by atoms with Crippen molar-refractivity contribution in [2.45, 2.75) is 33.1 Å². The summed E-state index contributed by atoms with van der Waals surface area (Å²) in [5.41, 5.74) is 0. The molecule has 0 saturated heterocycles. The summed E-state index contributed by atoms with van der Waals surface area (Å²) in [7, 11) is 3.77. The summed E-state index contributed by atoms with van der Waals surface area (Å²) in [6, 6.07) is 0. The highest BCUT2D eigenvalue weighted by Gasteiger charge is 2.15. The fourth-order valence-electron chi connectivity index (χ4n) is 1.48. The highest BCUT2D eigenvalue weighted by Crippen LogP contribution is 2.02. The molecule has 0 saturated carbocycles. The molecular formula is C11H24N2O. The SMILES string of the molecule is CCCCCN(C)C(=O)C(C)CNC. The number of carbonyl (C=O) groups excluding carboxylic acids is 1. The Hall–Kier alpha value is -0.570. The molecule has 0 aliphatic rings. The van der Waals surface area contributed by atoms with E-state index in [0.717, 1.165) is 19.5 Å². The average molecular weight is 200 g/mol. The molecule has 1 atom stereocenters. The first-order valence-corrected chi connectivity index (χ1v) is 5.53. The zero-order chi connectivity index (χ0) is 11.0. The summed E-state index contributed by atoms with van der Waals surface area (Å²) >= 11 is 0. The van der Waals surface area contributed by atoms with Crippen LogP contribution in [0.3, 0.4) is 0 Å². The molecule has 0 rings (SSSR count). The third kappa shape index (κ3) is 5.22. The van der Waals surface area contributed by atoms with Crippen LogP contribution in [0.25, 0.3) is 0 Å². The maximum atomic E-state index is 11.7. The van der Waals surface area contributed by atoms with Crippen LogP contribution in [0.1, 0.15) is 33.1 Å². The van der Waals surface area contributed by atoms with Crippen LogP contribution in [0.5, 0.6) is 0 Å². The third-order valence-electron chi connectivity index (χ3n) is 2.41. The van der Waals surface area contributed by atoms with E-state index in [1.54, 1.807) is 0 Å². The Morgan fingerprint density at radius 2 is 2.07 bits per heavy atom. The van der Waals surface area contributed by atoms with Crippen molar-refractivity contribution in [1.82, 2.24) is 10.2 Å². The smallest absolute Gasteiger partial charge is 0.226 e. The van der Waals surface area contributed by atoms with E-state index >= 15 is 0 Å². The molecule has 0 fully saturated rings. The van der Waals surface area contributed by atoms with E-state index < -0.39 is 0 Å². The number of carbonyl (C=O) groups is 1. The number of unbranched alkanes of at least 4 members (excludes halogenated alkanes) is 2. The Morgan fingerprint density at radius 3 is 2.57 bits per heavy atom. The van der Waals surface area contributed by atoms with Crippen molar-refractivity contribution < 1.29 is 4.79 Å².